The minimum Gasteiger partial charge on any atom is -0.491 e. The van der Waals surface area contributed by atoms with Gasteiger partial charge in [-0.3, -0.25) is 4.79 Å². The molecule has 43 heavy (non-hydrogen) atoms. The summed E-state index contributed by atoms with van der Waals surface area (Å²) in [5.41, 5.74) is 0.0806. The first-order valence-corrected chi connectivity index (χ1v) is 16.1. The van der Waals surface area contributed by atoms with Crippen molar-refractivity contribution >= 4 is 29.5 Å². The first-order chi connectivity index (χ1) is 20.5. The van der Waals surface area contributed by atoms with Gasteiger partial charge in [-0.15, -0.1) is 5.92 Å². The molecule has 1 atom stereocenters. The van der Waals surface area contributed by atoms with E-state index in [2.05, 4.69) is 41.6 Å². The lowest BCUT2D eigenvalue weighted by molar-refractivity contribution is 0.0918. The van der Waals surface area contributed by atoms with Crippen LogP contribution in [0.25, 0.3) is 0 Å². The van der Waals surface area contributed by atoms with Crippen molar-refractivity contribution in [2.24, 2.45) is 11.8 Å². The molecule has 2 aromatic rings. The van der Waals surface area contributed by atoms with Gasteiger partial charge in [-0.05, 0) is 88.4 Å². The summed E-state index contributed by atoms with van der Waals surface area (Å²) in [6.07, 6.45) is 6.39. The van der Waals surface area contributed by atoms with E-state index in [1.807, 2.05) is 25.2 Å². The van der Waals surface area contributed by atoms with Crippen LogP contribution in [-0.4, -0.2) is 54.5 Å². The van der Waals surface area contributed by atoms with Gasteiger partial charge in [-0.2, -0.15) is 0 Å². The fourth-order valence-corrected chi connectivity index (χ4v) is 5.29. The van der Waals surface area contributed by atoms with Crippen molar-refractivity contribution in [3.05, 3.63) is 47.5 Å². The number of pyridine rings is 1. The quantitative estimate of drug-likeness (QED) is 0.149. The second kappa shape index (κ2) is 15.1. The van der Waals surface area contributed by atoms with Gasteiger partial charge in [0.05, 0.1) is 11.6 Å². The highest BCUT2D eigenvalue weighted by Crippen LogP contribution is 2.32. The van der Waals surface area contributed by atoms with Crippen molar-refractivity contribution in [2.75, 3.05) is 36.4 Å². The van der Waals surface area contributed by atoms with Gasteiger partial charge in [-0.25, -0.2) is 13.8 Å². The number of rotatable bonds is 16. The Morgan fingerprint density at radius 3 is 2.47 bits per heavy atom. The summed E-state index contributed by atoms with van der Waals surface area (Å²) in [5, 5.41) is 10.3. The molecule has 1 amide bonds. The van der Waals surface area contributed by atoms with E-state index in [0.29, 0.717) is 41.3 Å². The average Bonchev–Trinajstić information content (AvgIpc) is 3.85. The molecule has 1 aromatic carbocycles. The number of benzene rings is 1. The lowest BCUT2D eigenvalue weighted by Gasteiger charge is -2.24. The van der Waals surface area contributed by atoms with Crippen LogP contribution in [0.15, 0.2) is 30.3 Å². The van der Waals surface area contributed by atoms with Crippen LogP contribution in [-0.2, 0) is 0 Å². The summed E-state index contributed by atoms with van der Waals surface area (Å²) in [4.78, 5) is 18.4. The zero-order valence-electron chi connectivity index (χ0n) is 25.9. The summed E-state index contributed by atoms with van der Waals surface area (Å²) in [6, 6.07) is 6.17. The Morgan fingerprint density at radius 1 is 1.12 bits per heavy atom. The molecular weight excluding hydrogens is 568 g/mol. The van der Waals surface area contributed by atoms with Crippen LogP contribution in [0.3, 0.4) is 0 Å². The molecule has 0 saturated heterocycles. The Bertz CT molecular complexity index is 1280. The maximum atomic E-state index is 13.8. The molecule has 10 heteroatoms. The van der Waals surface area contributed by atoms with Crippen molar-refractivity contribution in [1.29, 1.82) is 0 Å². The van der Waals surface area contributed by atoms with E-state index in [-0.39, 0.29) is 18.3 Å². The van der Waals surface area contributed by atoms with Crippen molar-refractivity contribution in [2.45, 2.75) is 83.1 Å². The van der Waals surface area contributed by atoms with Crippen LogP contribution < -0.4 is 25.0 Å². The molecule has 2 aliphatic rings. The normalized spacial score (nSPS) is 15.4. The van der Waals surface area contributed by atoms with Gasteiger partial charge in [0.2, 0.25) is 0 Å². The summed E-state index contributed by atoms with van der Waals surface area (Å²) in [5.74, 6) is 7.70. The summed E-state index contributed by atoms with van der Waals surface area (Å²) >= 11 is 1.63. The number of hydrogen-bond donors (Lipinski definition) is 3. The van der Waals surface area contributed by atoms with E-state index in [9.17, 15) is 13.6 Å². The van der Waals surface area contributed by atoms with Crippen molar-refractivity contribution in [1.82, 2.24) is 15.6 Å². The Kier molecular flexibility index (Phi) is 11.6. The molecule has 7 nitrogen and oxygen atoms in total. The number of carbonyl (C=O) groups excluding carboxylic acids is 1. The smallest absolute Gasteiger partial charge is 0.251 e. The number of aromatic nitrogens is 1. The Morgan fingerprint density at radius 2 is 1.81 bits per heavy atom. The number of ether oxygens (including phenoxy) is 1. The second-order valence-electron chi connectivity index (χ2n) is 12.5. The monoisotopic (exact) mass is 613 g/mol. The zero-order chi connectivity index (χ0) is 31.0. The highest BCUT2D eigenvalue weighted by Gasteiger charge is 2.23. The number of halogens is 2. The molecule has 0 aliphatic heterocycles. The number of carbonyl (C=O) groups is 1. The molecule has 2 fully saturated rings. The Hall–Kier alpha value is -3.03. The molecule has 3 N–H and O–H groups in total. The first-order valence-electron chi connectivity index (χ1n) is 15.3. The average molecular weight is 614 g/mol. The van der Waals surface area contributed by atoms with Crippen LogP contribution in [0.2, 0.25) is 0 Å². The summed E-state index contributed by atoms with van der Waals surface area (Å²) < 4.78 is 35.3. The lowest BCUT2D eigenvalue weighted by Crippen LogP contribution is -2.44. The number of nitrogens with one attached hydrogen (secondary N) is 3. The molecule has 0 spiro atoms. The summed E-state index contributed by atoms with van der Waals surface area (Å²) in [7, 11) is 1.94. The van der Waals surface area contributed by atoms with Crippen molar-refractivity contribution in [3.8, 4) is 17.6 Å². The molecule has 0 unspecified atom stereocenters. The van der Waals surface area contributed by atoms with Gasteiger partial charge in [0.15, 0.2) is 0 Å². The minimum atomic E-state index is -0.720. The molecule has 0 bridgehead atoms. The molecule has 0 radical (unpaired) electrons. The molecule has 1 heterocycles. The van der Waals surface area contributed by atoms with Crippen LogP contribution in [0.5, 0.6) is 5.75 Å². The van der Waals surface area contributed by atoms with Gasteiger partial charge in [0.25, 0.3) is 5.91 Å². The highest BCUT2D eigenvalue weighted by molar-refractivity contribution is 8.01. The predicted molar refractivity (Wildman–Crippen MR) is 172 cm³/mol. The standard InChI is InChI=1S/C33H45F2N5O2S/c1-22(2)43-40(5)31-16-25(15-30(39-31)36-20-24-10-11-24)32(41)38-28(21-42-29-18-26(34)17-27(35)19-29)12-14-37-33(3,4)13-6-7-23-8-9-23/h15-19,22-24,28,37H,7-12,14,20-21H2,1-5H3,(H,36,39)(H,38,41)/t28-/m1/s1. The number of amides is 1. The van der Waals surface area contributed by atoms with Crippen molar-refractivity contribution < 1.29 is 18.3 Å². The Balaban J connectivity index is 1.46. The van der Waals surface area contributed by atoms with Gasteiger partial charge in [0, 0.05) is 49.0 Å². The lowest BCUT2D eigenvalue weighted by atomic mass is 10.1. The van der Waals surface area contributed by atoms with Crippen LogP contribution >= 0.6 is 11.9 Å². The fourth-order valence-electron chi connectivity index (χ4n) is 4.46. The molecule has 1 aromatic heterocycles. The SMILES string of the molecule is CC(C)SN(C)c1cc(C(=O)N[C@H](CCNC(C)(C)C#CCC2CC2)COc2cc(F)cc(F)c2)cc(NCC2CC2)n1. The van der Waals surface area contributed by atoms with Gasteiger partial charge >= 0.3 is 0 Å². The van der Waals surface area contributed by atoms with Gasteiger partial charge in [-0.1, -0.05) is 19.8 Å². The van der Waals surface area contributed by atoms with Gasteiger partial charge < -0.3 is 25.0 Å². The van der Waals surface area contributed by atoms with Gasteiger partial charge in [0.1, 0.15) is 35.6 Å². The maximum Gasteiger partial charge on any atom is 0.251 e. The fraction of sp³-hybridized carbons (Fsp3) is 0.576. The predicted octanol–water partition coefficient (Wildman–Crippen LogP) is 6.41. The third kappa shape index (κ3) is 11.9. The van der Waals surface area contributed by atoms with E-state index in [4.69, 9.17) is 9.72 Å². The largest absolute Gasteiger partial charge is 0.491 e. The van der Waals surface area contributed by atoms with E-state index in [0.717, 1.165) is 37.1 Å². The summed E-state index contributed by atoms with van der Waals surface area (Å²) in [6.45, 7) is 9.70. The molecule has 234 valence electrons. The van der Waals surface area contributed by atoms with E-state index in [1.165, 1.54) is 25.7 Å². The number of nitrogens with zero attached hydrogens (tertiary/aromatic N) is 2. The minimum absolute atomic E-state index is 0.0396. The topological polar surface area (TPSA) is 78.5 Å². The number of anilines is 2. The van der Waals surface area contributed by atoms with Crippen LogP contribution in [0.1, 0.15) is 76.6 Å². The highest BCUT2D eigenvalue weighted by atomic mass is 32.2. The second-order valence-corrected chi connectivity index (χ2v) is 14.2. The number of hydrogen-bond acceptors (Lipinski definition) is 7. The van der Waals surface area contributed by atoms with E-state index >= 15 is 0 Å². The maximum absolute atomic E-state index is 13.8. The van der Waals surface area contributed by atoms with Crippen LogP contribution in [0, 0.1) is 35.3 Å². The first kappa shape index (κ1) is 32.9. The zero-order valence-corrected chi connectivity index (χ0v) is 26.8. The third-order valence-corrected chi connectivity index (χ3v) is 8.13. The molecular formula is C33H45F2N5O2S. The third-order valence-electron chi connectivity index (χ3n) is 7.21. The molecule has 4 rings (SSSR count). The molecule has 2 saturated carbocycles. The van der Waals surface area contributed by atoms with Crippen LogP contribution in [0.4, 0.5) is 20.4 Å². The van der Waals surface area contributed by atoms with E-state index in [1.54, 1.807) is 24.1 Å². The van der Waals surface area contributed by atoms with Crippen molar-refractivity contribution in [3.63, 3.8) is 0 Å². The molecule has 2 aliphatic carbocycles. The Labute approximate surface area is 259 Å². The van der Waals surface area contributed by atoms with E-state index < -0.39 is 23.2 Å².